The van der Waals surface area contributed by atoms with Gasteiger partial charge < -0.3 is 15.1 Å². The average molecular weight is 208 g/mol. The lowest BCUT2D eigenvalue weighted by Gasteiger charge is -2.14. The van der Waals surface area contributed by atoms with Gasteiger partial charge in [0.05, 0.1) is 5.56 Å². The van der Waals surface area contributed by atoms with Crippen molar-refractivity contribution in [3.63, 3.8) is 0 Å². The van der Waals surface area contributed by atoms with Crippen LogP contribution in [-0.4, -0.2) is 29.9 Å². The lowest BCUT2D eigenvalue weighted by Crippen LogP contribution is -2.31. The maximum atomic E-state index is 12.0. The van der Waals surface area contributed by atoms with Crippen LogP contribution in [0.15, 0.2) is 16.7 Å². The van der Waals surface area contributed by atoms with E-state index in [1.807, 2.05) is 6.92 Å². The molecular weight excluding hydrogens is 192 g/mol. The summed E-state index contributed by atoms with van der Waals surface area (Å²) in [6, 6.07) is 1.86. The van der Waals surface area contributed by atoms with Gasteiger partial charge in [0.1, 0.15) is 12.0 Å². The normalized spacial score (nSPS) is 25.9. The maximum Gasteiger partial charge on any atom is 0.257 e. The standard InChI is InChI=1S/C11H16N2O2/c1-7-4-13(5-10(7)12)11(14)9-3-8(2)15-6-9/h3,6-7,10H,4-5,12H2,1-2H3. The van der Waals surface area contributed by atoms with Gasteiger partial charge in [-0.25, -0.2) is 0 Å². The Morgan fingerprint density at radius 2 is 2.33 bits per heavy atom. The molecule has 4 nitrogen and oxygen atoms in total. The molecule has 0 saturated carbocycles. The molecule has 1 aliphatic heterocycles. The van der Waals surface area contributed by atoms with E-state index in [1.165, 1.54) is 6.26 Å². The zero-order valence-electron chi connectivity index (χ0n) is 9.06. The Hall–Kier alpha value is -1.29. The zero-order chi connectivity index (χ0) is 11.0. The summed E-state index contributed by atoms with van der Waals surface area (Å²) in [4.78, 5) is 13.8. The molecule has 0 aromatic carbocycles. The van der Waals surface area contributed by atoms with Crippen molar-refractivity contribution in [1.82, 2.24) is 4.90 Å². The number of rotatable bonds is 1. The quantitative estimate of drug-likeness (QED) is 0.749. The van der Waals surface area contributed by atoms with Crippen molar-refractivity contribution in [2.45, 2.75) is 19.9 Å². The van der Waals surface area contributed by atoms with Gasteiger partial charge in [0, 0.05) is 19.1 Å². The summed E-state index contributed by atoms with van der Waals surface area (Å²) in [5, 5.41) is 0. The Kier molecular flexibility index (Phi) is 2.52. The van der Waals surface area contributed by atoms with Crippen molar-refractivity contribution in [2.75, 3.05) is 13.1 Å². The van der Waals surface area contributed by atoms with Crippen LogP contribution in [-0.2, 0) is 0 Å². The minimum atomic E-state index is 0.0200. The molecule has 0 aliphatic carbocycles. The Morgan fingerprint density at radius 1 is 1.60 bits per heavy atom. The lowest BCUT2D eigenvalue weighted by molar-refractivity contribution is 0.0786. The third kappa shape index (κ3) is 1.90. The van der Waals surface area contributed by atoms with Crippen LogP contribution in [0.4, 0.5) is 0 Å². The predicted molar refractivity (Wildman–Crippen MR) is 56.5 cm³/mol. The lowest BCUT2D eigenvalue weighted by atomic mass is 10.1. The molecule has 1 amide bonds. The van der Waals surface area contributed by atoms with E-state index in [0.717, 1.165) is 12.3 Å². The molecule has 0 spiro atoms. The van der Waals surface area contributed by atoms with Gasteiger partial charge in [-0.3, -0.25) is 4.79 Å². The third-order valence-corrected chi connectivity index (χ3v) is 2.94. The largest absolute Gasteiger partial charge is 0.469 e. The van der Waals surface area contributed by atoms with E-state index >= 15 is 0 Å². The van der Waals surface area contributed by atoms with E-state index in [1.54, 1.807) is 11.0 Å². The molecule has 1 aliphatic rings. The minimum Gasteiger partial charge on any atom is -0.469 e. The first-order valence-electron chi connectivity index (χ1n) is 5.18. The summed E-state index contributed by atoms with van der Waals surface area (Å²) < 4.78 is 5.12. The van der Waals surface area contributed by atoms with Crippen LogP contribution in [0.1, 0.15) is 23.0 Å². The van der Waals surface area contributed by atoms with E-state index in [0.29, 0.717) is 18.0 Å². The number of carbonyl (C=O) groups excluding carboxylic acids is 1. The van der Waals surface area contributed by atoms with Crippen molar-refractivity contribution in [3.05, 3.63) is 23.7 Å². The fourth-order valence-corrected chi connectivity index (χ4v) is 1.90. The van der Waals surface area contributed by atoms with Crippen LogP contribution >= 0.6 is 0 Å². The van der Waals surface area contributed by atoms with Crippen LogP contribution in [0.5, 0.6) is 0 Å². The monoisotopic (exact) mass is 208 g/mol. The second-order valence-electron chi connectivity index (χ2n) is 4.30. The molecule has 82 valence electrons. The average Bonchev–Trinajstić information content (AvgIpc) is 2.74. The molecule has 2 atom stereocenters. The van der Waals surface area contributed by atoms with Gasteiger partial charge in [-0.2, -0.15) is 0 Å². The van der Waals surface area contributed by atoms with Gasteiger partial charge in [-0.05, 0) is 18.9 Å². The first-order chi connectivity index (χ1) is 7.08. The molecule has 1 saturated heterocycles. The number of furan rings is 1. The Labute approximate surface area is 89.0 Å². The summed E-state index contributed by atoms with van der Waals surface area (Å²) in [7, 11) is 0. The molecule has 2 N–H and O–H groups in total. The van der Waals surface area contributed by atoms with Gasteiger partial charge in [0.2, 0.25) is 0 Å². The SMILES string of the molecule is Cc1cc(C(=O)N2CC(C)C(N)C2)co1. The maximum absolute atomic E-state index is 12.0. The number of hydrogen-bond donors (Lipinski definition) is 1. The van der Waals surface area contributed by atoms with E-state index in [-0.39, 0.29) is 11.9 Å². The zero-order valence-corrected chi connectivity index (χ0v) is 9.06. The van der Waals surface area contributed by atoms with Crippen LogP contribution in [0.3, 0.4) is 0 Å². The molecule has 0 radical (unpaired) electrons. The summed E-state index contributed by atoms with van der Waals surface area (Å²) in [6.07, 6.45) is 1.51. The van der Waals surface area contributed by atoms with Crippen LogP contribution < -0.4 is 5.73 Å². The molecule has 2 unspecified atom stereocenters. The van der Waals surface area contributed by atoms with Crippen LogP contribution in [0.2, 0.25) is 0 Å². The topological polar surface area (TPSA) is 59.5 Å². The highest BCUT2D eigenvalue weighted by molar-refractivity contribution is 5.94. The molecule has 4 heteroatoms. The molecule has 2 rings (SSSR count). The second-order valence-corrected chi connectivity index (χ2v) is 4.30. The molecule has 15 heavy (non-hydrogen) atoms. The van der Waals surface area contributed by atoms with Crippen molar-refractivity contribution < 1.29 is 9.21 Å². The third-order valence-electron chi connectivity index (χ3n) is 2.94. The van der Waals surface area contributed by atoms with Gasteiger partial charge in [0.15, 0.2) is 0 Å². The highest BCUT2D eigenvalue weighted by Crippen LogP contribution is 2.18. The molecule has 1 fully saturated rings. The van der Waals surface area contributed by atoms with E-state index in [9.17, 15) is 4.79 Å². The Morgan fingerprint density at radius 3 is 2.80 bits per heavy atom. The van der Waals surface area contributed by atoms with Crippen LogP contribution in [0.25, 0.3) is 0 Å². The summed E-state index contributed by atoms with van der Waals surface area (Å²) >= 11 is 0. The highest BCUT2D eigenvalue weighted by atomic mass is 16.3. The number of aryl methyl sites for hydroxylation is 1. The highest BCUT2D eigenvalue weighted by Gasteiger charge is 2.30. The summed E-state index contributed by atoms with van der Waals surface area (Å²) in [5.41, 5.74) is 6.49. The number of amides is 1. The Bertz CT molecular complexity index is 362. The molecule has 0 bridgehead atoms. The molecule has 1 aromatic rings. The summed E-state index contributed by atoms with van der Waals surface area (Å²) in [5.74, 6) is 1.16. The summed E-state index contributed by atoms with van der Waals surface area (Å²) in [6.45, 7) is 5.28. The van der Waals surface area contributed by atoms with Gasteiger partial charge in [0.25, 0.3) is 5.91 Å². The van der Waals surface area contributed by atoms with Crippen molar-refractivity contribution in [2.24, 2.45) is 11.7 Å². The van der Waals surface area contributed by atoms with E-state index < -0.39 is 0 Å². The minimum absolute atomic E-state index is 0.0200. The second kappa shape index (κ2) is 3.70. The number of nitrogens with zero attached hydrogens (tertiary/aromatic N) is 1. The van der Waals surface area contributed by atoms with E-state index in [4.69, 9.17) is 10.2 Å². The first-order valence-corrected chi connectivity index (χ1v) is 5.18. The first kappa shape index (κ1) is 10.2. The molecule has 1 aromatic heterocycles. The Balaban J connectivity index is 2.10. The van der Waals surface area contributed by atoms with Gasteiger partial charge in [-0.15, -0.1) is 0 Å². The predicted octanol–water partition coefficient (Wildman–Crippen LogP) is 1.01. The van der Waals surface area contributed by atoms with Crippen molar-refractivity contribution in [1.29, 1.82) is 0 Å². The number of nitrogens with two attached hydrogens (primary N) is 1. The van der Waals surface area contributed by atoms with Crippen molar-refractivity contribution in [3.8, 4) is 0 Å². The van der Waals surface area contributed by atoms with Crippen molar-refractivity contribution >= 4 is 5.91 Å². The molecule has 2 heterocycles. The number of carbonyl (C=O) groups is 1. The fraction of sp³-hybridized carbons (Fsp3) is 0.545. The molecular formula is C11H16N2O2. The number of likely N-dealkylation sites (tertiary alicyclic amines) is 1. The van der Waals surface area contributed by atoms with E-state index in [2.05, 4.69) is 6.92 Å². The van der Waals surface area contributed by atoms with Crippen LogP contribution in [0, 0.1) is 12.8 Å². The smallest absolute Gasteiger partial charge is 0.257 e. The van der Waals surface area contributed by atoms with Gasteiger partial charge >= 0.3 is 0 Å². The fourth-order valence-electron chi connectivity index (χ4n) is 1.90. The number of hydrogen-bond acceptors (Lipinski definition) is 3. The van der Waals surface area contributed by atoms with Gasteiger partial charge in [-0.1, -0.05) is 6.92 Å².